The minimum Gasteiger partial charge on any atom is -0.497 e. The topological polar surface area (TPSA) is 103 Å². The van der Waals surface area contributed by atoms with Crippen LogP contribution in [0.5, 0.6) is 5.75 Å². The Morgan fingerprint density at radius 3 is 2.69 bits per heavy atom. The molecule has 26 heavy (non-hydrogen) atoms. The predicted molar refractivity (Wildman–Crippen MR) is 92.4 cm³/mol. The summed E-state index contributed by atoms with van der Waals surface area (Å²) in [6.45, 7) is 3.31. The molecule has 140 valence electrons. The van der Waals surface area contributed by atoms with Crippen LogP contribution in [0.4, 0.5) is 4.79 Å². The third-order valence-corrected chi connectivity index (χ3v) is 3.73. The molecule has 1 heterocycles. The Hall–Kier alpha value is -3.03. The number of nitrogens with one attached hydrogen (secondary N) is 2. The summed E-state index contributed by atoms with van der Waals surface area (Å²) in [6, 6.07) is 6.05. The second kappa shape index (κ2) is 8.89. The maximum atomic E-state index is 12.1. The Balaban J connectivity index is 2.06. The molecule has 0 fully saturated rings. The molecule has 2 rings (SSSR count). The van der Waals surface area contributed by atoms with E-state index >= 15 is 0 Å². The molecule has 0 spiro atoms. The molecule has 1 aliphatic heterocycles. The number of hydrogen-bond donors (Lipinski definition) is 2. The number of carbonyl (C=O) groups excluding carboxylic acids is 3. The van der Waals surface area contributed by atoms with E-state index in [1.54, 1.807) is 45.2 Å². The zero-order valence-electron chi connectivity index (χ0n) is 15.0. The lowest BCUT2D eigenvalue weighted by Crippen LogP contribution is -2.50. The summed E-state index contributed by atoms with van der Waals surface area (Å²) in [6.07, 6.45) is 0.0426. The Bertz CT molecular complexity index is 728. The van der Waals surface area contributed by atoms with Gasteiger partial charge in [-0.15, -0.1) is 0 Å². The van der Waals surface area contributed by atoms with Gasteiger partial charge in [0.25, 0.3) is 0 Å². The maximum Gasteiger partial charge on any atom is 0.338 e. The van der Waals surface area contributed by atoms with E-state index in [9.17, 15) is 14.4 Å². The van der Waals surface area contributed by atoms with E-state index in [1.807, 2.05) is 0 Å². The maximum absolute atomic E-state index is 12.1. The molecule has 0 aliphatic carbocycles. The van der Waals surface area contributed by atoms with Gasteiger partial charge in [-0.2, -0.15) is 0 Å². The summed E-state index contributed by atoms with van der Waals surface area (Å²) < 4.78 is 15.3. The molecular weight excluding hydrogens is 340 g/mol. The minimum atomic E-state index is -0.564. The van der Waals surface area contributed by atoms with Crippen molar-refractivity contribution in [1.29, 1.82) is 0 Å². The standard InChI is InChI=1S/C18H22N2O6/c1-4-25-17(22)16-11(2)19-18(23)20-14(16)10-26-15(21)9-12-6-5-7-13(8-12)24-3/h5-8,11H,4,9-10H2,1-3H3,(H2,19,20,23)/t11-/m1/s1. The zero-order valence-corrected chi connectivity index (χ0v) is 15.0. The highest BCUT2D eigenvalue weighted by molar-refractivity contribution is 5.94. The average Bonchev–Trinajstić information content (AvgIpc) is 2.59. The predicted octanol–water partition coefficient (Wildman–Crippen LogP) is 1.30. The Kier molecular flexibility index (Phi) is 6.60. The Morgan fingerprint density at radius 2 is 2.00 bits per heavy atom. The van der Waals surface area contributed by atoms with Crippen LogP contribution in [-0.2, 0) is 25.5 Å². The number of methoxy groups -OCH3 is 1. The number of hydrogen-bond acceptors (Lipinski definition) is 6. The van der Waals surface area contributed by atoms with Crippen molar-refractivity contribution in [1.82, 2.24) is 10.6 Å². The van der Waals surface area contributed by atoms with Crippen LogP contribution < -0.4 is 15.4 Å². The number of rotatable bonds is 7. The van der Waals surface area contributed by atoms with Crippen molar-refractivity contribution in [3.05, 3.63) is 41.1 Å². The van der Waals surface area contributed by atoms with E-state index in [4.69, 9.17) is 14.2 Å². The molecule has 2 N–H and O–H groups in total. The first-order chi connectivity index (χ1) is 12.4. The lowest BCUT2D eigenvalue weighted by molar-refractivity contribution is -0.143. The van der Waals surface area contributed by atoms with Gasteiger partial charge in [0.2, 0.25) is 0 Å². The van der Waals surface area contributed by atoms with Crippen molar-refractivity contribution in [3.8, 4) is 5.75 Å². The van der Waals surface area contributed by atoms with Gasteiger partial charge >= 0.3 is 18.0 Å². The van der Waals surface area contributed by atoms with Gasteiger partial charge in [-0.25, -0.2) is 9.59 Å². The summed E-state index contributed by atoms with van der Waals surface area (Å²) in [4.78, 5) is 35.8. The first kappa shape index (κ1) is 19.3. The molecule has 8 heteroatoms. The van der Waals surface area contributed by atoms with Crippen molar-refractivity contribution in [2.24, 2.45) is 0 Å². The third-order valence-electron chi connectivity index (χ3n) is 3.73. The molecular formula is C18H22N2O6. The van der Waals surface area contributed by atoms with E-state index in [2.05, 4.69) is 10.6 Å². The SMILES string of the molecule is CCOC(=O)C1=C(COC(=O)Cc2cccc(OC)c2)NC(=O)N[C@@H]1C. The quantitative estimate of drug-likeness (QED) is 0.709. The molecule has 0 saturated heterocycles. The largest absolute Gasteiger partial charge is 0.497 e. The fourth-order valence-corrected chi connectivity index (χ4v) is 2.55. The second-order valence-corrected chi connectivity index (χ2v) is 5.62. The second-order valence-electron chi connectivity index (χ2n) is 5.62. The Labute approximate surface area is 151 Å². The van der Waals surface area contributed by atoms with Crippen molar-refractivity contribution in [2.45, 2.75) is 26.3 Å². The summed E-state index contributed by atoms with van der Waals surface area (Å²) in [5, 5.41) is 5.08. The van der Waals surface area contributed by atoms with Gasteiger partial charge in [0.05, 0.1) is 37.4 Å². The molecule has 8 nitrogen and oxygen atoms in total. The monoisotopic (exact) mass is 362 g/mol. The van der Waals surface area contributed by atoms with Crippen molar-refractivity contribution >= 4 is 18.0 Å². The van der Waals surface area contributed by atoms with E-state index in [1.165, 1.54) is 0 Å². The fourth-order valence-electron chi connectivity index (χ4n) is 2.55. The van der Waals surface area contributed by atoms with E-state index in [0.29, 0.717) is 5.75 Å². The van der Waals surface area contributed by atoms with Gasteiger partial charge in [0.15, 0.2) is 0 Å². The van der Waals surface area contributed by atoms with Crippen molar-refractivity contribution in [3.63, 3.8) is 0 Å². The van der Waals surface area contributed by atoms with Crippen LogP contribution >= 0.6 is 0 Å². The first-order valence-electron chi connectivity index (χ1n) is 8.20. The van der Waals surface area contributed by atoms with E-state index in [-0.39, 0.29) is 30.9 Å². The van der Waals surface area contributed by atoms with Crippen LogP contribution in [0.3, 0.4) is 0 Å². The summed E-state index contributed by atoms with van der Waals surface area (Å²) in [5.41, 5.74) is 1.19. The summed E-state index contributed by atoms with van der Waals surface area (Å²) in [5.74, 6) is -0.414. The van der Waals surface area contributed by atoms with Gasteiger partial charge in [0.1, 0.15) is 12.4 Å². The van der Waals surface area contributed by atoms with Gasteiger partial charge in [-0.05, 0) is 31.5 Å². The number of carbonyl (C=O) groups is 3. The van der Waals surface area contributed by atoms with Crippen LogP contribution in [-0.4, -0.2) is 44.3 Å². The summed E-state index contributed by atoms with van der Waals surface area (Å²) in [7, 11) is 1.54. The molecule has 0 saturated carbocycles. The highest BCUT2D eigenvalue weighted by Gasteiger charge is 2.30. The van der Waals surface area contributed by atoms with Gasteiger partial charge in [-0.1, -0.05) is 12.1 Å². The van der Waals surface area contributed by atoms with Gasteiger partial charge in [0, 0.05) is 0 Å². The molecule has 0 bridgehead atoms. The van der Waals surface area contributed by atoms with Gasteiger partial charge in [-0.3, -0.25) is 4.79 Å². The number of ether oxygens (including phenoxy) is 3. The number of esters is 2. The highest BCUT2D eigenvalue weighted by Crippen LogP contribution is 2.16. The molecule has 1 atom stereocenters. The van der Waals surface area contributed by atoms with Crippen LogP contribution in [0, 0.1) is 0 Å². The molecule has 1 aliphatic rings. The number of urea groups is 1. The first-order valence-corrected chi connectivity index (χ1v) is 8.20. The van der Waals surface area contributed by atoms with Crippen LogP contribution in [0.15, 0.2) is 35.5 Å². The molecule has 0 radical (unpaired) electrons. The Morgan fingerprint density at radius 1 is 1.23 bits per heavy atom. The molecule has 0 aromatic heterocycles. The van der Waals surface area contributed by atoms with Gasteiger partial charge < -0.3 is 24.8 Å². The smallest absolute Gasteiger partial charge is 0.338 e. The highest BCUT2D eigenvalue weighted by atomic mass is 16.5. The molecule has 2 amide bonds. The van der Waals surface area contributed by atoms with Crippen LogP contribution in [0.25, 0.3) is 0 Å². The number of amides is 2. The third kappa shape index (κ3) is 4.98. The van der Waals surface area contributed by atoms with Crippen LogP contribution in [0.2, 0.25) is 0 Å². The average molecular weight is 362 g/mol. The fraction of sp³-hybridized carbons (Fsp3) is 0.389. The zero-order chi connectivity index (χ0) is 19.1. The number of benzene rings is 1. The normalized spacial score (nSPS) is 16.4. The van der Waals surface area contributed by atoms with Crippen LogP contribution in [0.1, 0.15) is 19.4 Å². The van der Waals surface area contributed by atoms with E-state index in [0.717, 1.165) is 5.56 Å². The lowest BCUT2D eigenvalue weighted by atomic mass is 10.0. The molecule has 1 aromatic rings. The van der Waals surface area contributed by atoms with Crippen molar-refractivity contribution < 1.29 is 28.6 Å². The molecule has 0 unspecified atom stereocenters. The van der Waals surface area contributed by atoms with E-state index < -0.39 is 24.0 Å². The summed E-state index contributed by atoms with van der Waals surface area (Å²) >= 11 is 0. The van der Waals surface area contributed by atoms with Crippen molar-refractivity contribution in [2.75, 3.05) is 20.3 Å². The molecule has 1 aromatic carbocycles. The lowest BCUT2D eigenvalue weighted by Gasteiger charge is -2.26. The minimum absolute atomic E-state index is 0.0426.